The van der Waals surface area contributed by atoms with Crippen molar-refractivity contribution in [2.45, 2.75) is 6.54 Å². The van der Waals surface area contributed by atoms with Gasteiger partial charge in [-0.15, -0.1) is 0 Å². The van der Waals surface area contributed by atoms with Gasteiger partial charge in [-0.05, 0) is 0 Å². The van der Waals surface area contributed by atoms with Crippen molar-refractivity contribution in [3.05, 3.63) is 18.4 Å². The van der Waals surface area contributed by atoms with E-state index in [2.05, 4.69) is 10.3 Å². The molecule has 1 aromatic rings. The monoisotopic (exact) mass is 169 g/mol. The molecule has 0 saturated carbocycles. The van der Waals surface area contributed by atoms with Crippen LogP contribution in [-0.2, 0) is 6.54 Å². The molecule has 5 heteroatoms. The molecule has 0 spiro atoms. The molecule has 0 aliphatic heterocycles. The number of nitrogens with zero attached hydrogens (tertiary/aromatic N) is 2. The largest absolute Gasteiger partial charge is 0.451 e. The van der Waals surface area contributed by atoms with Gasteiger partial charge >= 0.3 is 6.03 Å². The first-order valence-electron chi connectivity index (χ1n) is 3.52. The van der Waals surface area contributed by atoms with Crippen LogP contribution in [-0.4, -0.2) is 30.0 Å². The molecule has 66 valence electrons. The Morgan fingerprint density at radius 2 is 2.50 bits per heavy atom. The molecule has 0 fully saturated rings. The van der Waals surface area contributed by atoms with Gasteiger partial charge in [-0.3, -0.25) is 0 Å². The fourth-order valence-corrected chi connectivity index (χ4v) is 0.649. The Bertz CT molecular complexity index is 243. The zero-order valence-corrected chi connectivity index (χ0v) is 7.07. The lowest BCUT2D eigenvalue weighted by molar-refractivity contribution is 0.217. The molecule has 0 radical (unpaired) electrons. The highest BCUT2D eigenvalue weighted by Crippen LogP contribution is 1.92. The summed E-state index contributed by atoms with van der Waals surface area (Å²) in [6, 6.07) is -0.141. The number of hydrogen-bond acceptors (Lipinski definition) is 3. The zero-order chi connectivity index (χ0) is 8.97. The second-order valence-corrected chi connectivity index (χ2v) is 2.53. The lowest BCUT2D eigenvalue weighted by atomic mass is 10.5. The predicted molar refractivity (Wildman–Crippen MR) is 42.4 cm³/mol. The van der Waals surface area contributed by atoms with Crippen molar-refractivity contribution in [1.82, 2.24) is 15.2 Å². The van der Waals surface area contributed by atoms with Crippen LogP contribution in [0.3, 0.4) is 0 Å². The van der Waals surface area contributed by atoms with Gasteiger partial charge in [0.1, 0.15) is 6.26 Å². The van der Waals surface area contributed by atoms with Gasteiger partial charge in [-0.25, -0.2) is 9.78 Å². The van der Waals surface area contributed by atoms with E-state index in [-0.39, 0.29) is 6.03 Å². The number of aromatic nitrogens is 1. The molecular weight excluding hydrogens is 158 g/mol. The fraction of sp³-hybridized carbons (Fsp3) is 0.429. The Balaban J connectivity index is 2.32. The minimum atomic E-state index is -0.141. The number of amides is 2. The maximum absolute atomic E-state index is 11.0. The van der Waals surface area contributed by atoms with Crippen molar-refractivity contribution >= 4 is 6.03 Å². The van der Waals surface area contributed by atoms with E-state index in [0.717, 1.165) is 0 Å². The van der Waals surface area contributed by atoms with Crippen LogP contribution in [0.15, 0.2) is 17.1 Å². The van der Waals surface area contributed by atoms with Crippen molar-refractivity contribution in [1.29, 1.82) is 0 Å². The summed E-state index contributed by atoms with van der Waals surface area (Å²) in [7, 11) is 3.36. The Morgan fingerprint density at radius 1 is 1.75 bits per heavy atom. The van der Waals surface area contributed by atoms with Crippen molar-refractivity contribution in [3.63, 3.8) is 0 Å². The van der Waals surface area contributed by atoms with Crippen LogP contribution in [0.1, 0.15) is 5.69 Å². The van der Waals surface area contributed by atoms with Crippen molar-refractivity contribution in [3.8, 4) is 0 Å². The number of hydrogen-bond donors (Lipinski definition) is 1. The Kier molecular flexibility index (Phi) is 2.68. The minimum Gasteiger partial charge on any atom is -0.451 e. The summed E-state index contributed by atoms with van der Waals surface area (Å²) < 4.78 is 4.73. The van der Waals surface area contributed by atoms with E-state index in [1.54, 1.807) is 14.1 Å². The average molecular weight is 169 g/mol. The first-order valence-corrected chi connectivity index (χ1v) is 3.52. The number of carbonyl (C=O) groups is 1. The van der Waals surface area contributed by atoms with E-state index < -0.39 is 0 Å². The first kappa shape index (κ1) is 8.58. The van der Waals surface area contributed by atoms with Crippen LogP contribution in [0.4, 0.5) is 4.79 Å². The third-order valence-electron chi connectivity index (χ3n) is 1.31. The van der Waals surface area contributed by atoms with Crippen LogP contribution in [0.25, 0.3) is 0 Å². The molecule has 1 aromatic heterocycles. The molecule has 0 bridgehead atoms. The van der Waals surface area contributed by atoms with Crippen LogP contribution in [0.2, 0.25) is 0 Å². The molecule has 12 heavy (non-hydrogen) atoms. The van der Waals surface area contributed by atoms with E-state index in [0.29, 0.717) is 12.2 Å². The van der Waals surface area contributed by atoms with Crippen LogP contribution in [0, 0.1) is 0 Å². The van der Waals surface area contributed by atoms with Crippen molar-refractivity contribution in [2.24, 2.45) is 0 Å². The van der Waals surface area contributed by atoms with Gasteiger partial charge in [0.25, 0.3) is 0 Å². The van der Waals surface area contributed by atoms with Gasteiger partial charge in [0, 0.05) is 14.1 Å². The molecule has 0 unspecified atom stereocenters. The highest BCUT2D eigenvalue weighted by Gasteiger charge is 2.02. The van der Waals surface area contributed by atoms with Crippen LogP contribution < -0.4 is 5.32 Å². The highest BCUT2D eigenvalue weighted by atomic mass is 16.3. The topological polar surface area (TPSA) is 58.4 Å². The Morgan fingerprint density at radius 3 is 3.00 bits per heavy atom. The number of nitrogens with one attached hydrogen (secondary N) is 1. The SMILES string of the molecule is CN(C)C(=O)NCc1cocn1. The Labute approximate surface area is 70.4 Å². The number of carbonyl (C=O) groups excluding carboxylic acids is 1. The zero-order valence-electron chi connectivity index (χ0n) is 7.07. The molecular formula is C7H11N3O2. The molecule has 5 nitrogen and oxygen atoms in total. The molecule has 0 aliphatic carbocycles. The van der Waals surface area contributed by atoms with Crippen molar-refractivity contribution in [2.75, 3.05) is 14.1 Å². The molecule has 0 aromatic carbocycles. The van der Waals surface area contributed by atoms with E-state index in [9.17, 15) is 4.79 Å². The molecule has 1 heterocycles. The fourth-order valence-electron chi connectivity index (χ4n) is 0.649. The third-order valence-corrected chi connectivity index (χ3v) is 1.31. The number of urea groups is 1. The maximum atomic E-state index is 11.0. The number of rotatable bonds is 2. The van der Waals surface area contributed by atoms with E-state index in [1.165, 1.54) is 17.6 Å². The summed E-state index contributed by atoms with van der Waals surface area (Å²) in [6.45, 7) is 0.396. The molecule has 1 rings (SSSR count). The molecule has 1 N–H and O–H groups in total. The molecule has 0 aliphatic rings. The second kappa shape index (κ2) is 3.75. The normalized spacial score (nSPS) is 9.50. The predicted octanol–water partition coefficient (Wildman–Crippen LogP) is 0.446. The summed E-state index contributed by atoms with van der Waals surface area (Å²) in [5.41, 5.74) is 0.713. The van der Waals surface area contributed by atoms with E-state index in [4.69, 9.17) is 4.42 Å². The average Bonchev–Trinajstić information content (AvgIpc) is 2.51. The van der Waals surface area contributed by atoms with Gasteiger partial charge in [-0.2, -0.15) is 0 Å². The number of oxazole rings is 1. The smallest absolute Gasteiger partial charge is 0.317 e. The lowest BCUT2D eigenvalue weighted by Gasteiger charge is -2.10. The van der Waals surface area contributed by atoms with Gasteiger partial charge in [0.2, 0.25) is 0 Å². The highest BCUT2D eigenvalue weighted by molar-refractivity contribution is 5.73. The molecule has 0 saturated heterocycles. The Hall–Kier alpha value is -1.52. The maximum Gasteiger partial charge on any atom is 0.317 e. The quantitative estimate of drug-likeness (QED) is 0.699. The summed E-state index contributed by atoms with van der Waals surface area (Å²) in [5.74, 6) is 0. The van der Waals surface area contributed by atoms with E-state index >= 15 is 0 Å². The minimum absolute atomic E-state index is 0.141. The van der Waals surface area contributed by atoms with Crippen molar-refractivity contribution < 1.29 is 9.21 Å². The van der Waals surface area contributed by atoms with E-state index in [1.807, 2.05) is 0 Å². The third kappa shape index (κ3) is 2.26. The molecule has 0 atom stereocenters. The summed E-state index contributed by atoms with van der Waals surface area (Å²) in [6.07, 6.45) is 2.83. The molecule has 2 amide bonds. The standard InChI is InChI=1S/C7H11N3O2/c1-10(2)7(11)8-3-6-4-12-5-9-6/h4-5H,3H2,1-2H3,(H,8,11). The van der Waals surface area contributed by atoms with Crippen LogP contribution >= 0.6 is 0 Å². The second-order valence-electron chi connectivity index (χ2n) is 2.53. The first-order chi connectivity index (χ1) is 5.70. The van der Waals surface area contributed by atoms with Gasteiger partial charge < -0.3 is 14.6 Å². The van der Waals surface area contributed by atoms with Gasteiger partial charge in [0.15, 0.2) is 6.39 Å². The summed E-state index contributed by atoms with van der Waals surface area (Å²) in [5, 5.41) is 2.65. The summed E-state index contributed by atoms with van der Waals surface area (Å²) in [4.78, 5) is 16.3. The lowest BCUT2D eigenvalue weighted by Crippen LogP contribution is -2.33. The van der Waals surface area contributed by atoms with Gasteiger partial charge in [0.05, 0.1) is 12.2 Å². The summed E-state index contributed by atoms with van der Waals surface area (Å²) >= 11 is 0. The van der Waals surface area contributed by atoms with Gasteiger partial charge in [-0.1, -0.05) is 0 Å². The van der Waals surface area contributed by atoms with Crippen LogP contribution in [0.5, 0.6) is 0 Å².